The number of hydrogen-bond donors (Lipinski definition) is 0. The van der Waals surface area contributed by atoms with Crippen molar-refractivity contribution in [3.05, 3.63) is 60.2 Å². The van der Waals surface area contributed by atoms with Crippen molar-refractivity contribution in [2.75, 3.05) is 31.1 Å². The number of pyridine rings is 1. The van der Waals surface area contributed by atoms with E-state index < -0.39 is 0 Å². The summed E-state index contributed by atoms with van der Waals surface area (Å²) in [6, 6.07) is 12.3. The number of anilines is 1. The van der Waals surface area contributed by atoms with Gasteiger partial charge in [-0.3, -0.25) is 0 Å². The summed E-state index contributed by atoms with van der Waals surface area (Å²) in [5.41, 5.74) is 2.64. The van der Waals surface area contributed by atoms with Crippen molar-refractivity contribution in [2.45, 2.75) is 6.92 Å². The molecule has 3 rings (SSSR count). The molecule has 5 nitrogen and oxygen atoms in total. The van der Waals surface area contributed by atoms with Gasteiger partial charge >= 0.3 is 155 Å². The third-order valence-electron chi connectivity index (χ3n) is 4.06. The second-order valence-electron chi connectivity index (χ2n) is 5.73. The number of hydrogen-bond acceptors (Lipinski definition) is 4. The van der Waals surface area contributed by atoms with Gasteiger partial charge in [0.15, 0.2) is 0 Å². The van der Waals surface area contributed by atoms with Gasteiger partial charge in [0.05, 0.1) is 0 Å². The fourth-order valence-electron chi connectivity index (χ4n) is 2.62. The summed E-state index contributed by atoms with van der Waals surface area (Å²) in [7, 11) is 0. The van der Waals surface area contributed by atoms with Crippen molar-refractivity contribution in [3.8, 4) is 0 Å². The van der Waals surface area contributed by atoms with Crippen LogP contribution in [-0.4, -0.2) is 62.5 Å². The van der Waals surface area contributed by atoms with Crippen molar-refractivity contribution >= 4 is 32.1 Å². The Kier molecular flexibility index (Phi) is 5.79. The molecule has 0 N–H and O–H groups in total. The first-order chi connectivity index (χ1) is 12.1. The standard InChI is InChI=1S/C18H19FN5Se/c1-14(17-4-2-3-9-20-17)21-22-18(25)24-12-10-23(11-13-24)16-7-5-15(19)6-8-16/h2-9H,10-13H2,1H3/b21-14-,22-18-. The fraction of sp³-hybridized carbons (Fsp3) is 0.278. The summed E-state index contributed by atoms with van der Waals surface area (Å²) >= 11 is 3.00. The second kappa shape index (κ2) is 8.23. The van der Waals surface area contributed by atoms with E-state index in [0.717, 1.165) is 48.0 Å². The van der Waals surface area contributed by atoms with Crippen LogP contribution in [0, 0.1) is 5.82 Å². The van der Waals surface area contributed by atoms with Crippen LogP contribution in [0.5, 0.6) is 0 Å². The SMILES string of the molecule is C/C(=N/N=C(\[Se])N1CCN(c2ccc(F)cc2)CC1)c1ccccn1. The molecule has 2 aromatic rings. The van der Waals surface area contributed by atoms with Crippen molar-refractivity contribution < 1.29 is 4.39 Å². The summed E-state index contributed by atoms with van der Waals surface area (Å²) in [5, 5.41) is 8.57. The van der Waals surface area contributed by atoms with Crippen molar-refractivity contribution in [1.29, 1.82) is 0 Å². The molecule has 0 saturated carbocycles. The van der Waals surface area contributed by atoms with Gasteiger partial charge in [0.1, 0.15) is 0 Å². The number of halogens is 1. The molecule has 0 amide bonds. The van der Waals surface area contributed by atoms with E-state index in [0.29, 0.717) is 0 Å². The predicted octanol–water partition coefficient (Wildman–Crippen LogP) is 2.29. The van der Waals surface area contributed by atoms with Crippen molar-refractivity contribution in [2.24, 2.45) is 10.2 Å². The van der Waals surface area contributed by atoms with Crippen molar-refractivity contribution in [1.82, 2.24) is 9.88 Å². The first-order valence-electron chi connectivity index (χ1n) is 8.09. The van der Waals surface area contributed by atoms with Gasteiger partial charge in [-0.25, -0.2) is 0 Å². The average molecular weight is 403 g/mol. The molecule has 0 bridgehead atoms. The van der Waals surface area contributed by atoms with Crippen LogP contribution in [0.1, 0.15) is 12.6 Å². The Balaban J connectivity index is 1.59. The Morgan fingerprint density at radius 3 is 2.40 bits per heavy atom. The van der Waals surface area contributed by atoms with Crippen LogP contribution in [-0.2, 0) is 0 Å². The number of aromatic nitrogens is 1. The van der Waals surface area contributed by atoms with Gasteiger partial charge in [0, 0.05) is 0 Å². The Bertz CT molecular complexity index is 753. The quantitative estimate of drug-likeness (QED) is 0.342. The maximum atomic E-state index is 13.0. The van der Waals surface area contributed by atoms with Gasteiger partial charge in [0.2, 0.25) is 0 Å². The summed E-state index contributed by atoms with van der Waals surface area (Å²) < 4.78 is 13.8. The summed E-state index contributed by atoms with van der Waals surface area (Å²) in [6.45, 7) is 5.28. The van der Waals surface area contributed by atoms with E-state index >= 15 is 0 Å². The first-order valence-corrected chi connectivity index (χ1v) is 8.95. The topological polar surface area (TPSA) is 44.1 Å². The molecule has 0 unspecified atom stereocenters. The first kappa shape index (κ1) is 17.6. The summed E-state index contributed by atoms with van der Waals surface area (Å²) in [5.74, 6) is -0.207. The number of amidine groups is 1. The van der Waals surface area contributed by atoms with E-state index in [9.17, 15) is 4.39 Å². The number of rotatable bonds is 3. The fourth-order valence-corrected chi connectivity index (χ4v) is 3.09. The Morgan fingerprint density at radius 2 is 1.76 bits per heavy atom. The third-order valence-corrected chi connectivity index (χ3v) is 4.78. The molecular weight excluding hydrogens is 384 g/mol. The van der Waals surface area contributed by atoms with Crippen LogP contribution < -0.4 is 4.90 Å². The number of benzene rings is 1. The molecule has 129 valence electrons. The van der Waals surface area contributed by atoms with E-state index in [-0.39, 0.29) is 5.82 Å². The zero-order valence-corrected chi connectivity index (χ0v) is 15.7. The van der Waals surface area contributed by atoms with Crippen molar-refractivity contribution in [3.63, 3.8) is 0 Å². The van der Waals surface area contributed by atoms with Gasteiger partial charge in [-0.2, -0.15) is 0 Å². The molecule has 1 aromatic heterocycles. The van der Waals surface area contributed by atoms with Crippen LogP contribution in [0.15, 0.2) is 58.9 Å². The molecule has 1 aromatic carbocycles. The Labute approximate surface area is 155 Å². The number of piperazine rings is 1. The molecule has 1 aliphatic rings. The van der Waals surface area contributed by atoms with E-state index in [4.69, 9.17) is 0 Å². The van der Waals surface area contributed by atoms with Crippen LogP contribution in [0.2, 0.25) is 0 Å². The second-order valence-corrected chi connectivity index (χ2v) is 6.50. The zero-order valence-electron chi connectivity index (χ0n) is 14.0. The van der Waals surface area contributed by atoms with Crippen LogP contribution in [0.3, 0.4) is 0 Å². The molecule has 0 aliphatic carbocycles. The minimum atomic E-state index is -0.207. The average Bonchev–Trinajstić information content (AvgIpc) is 2.67. The predicted molar refractivity (Wildman–Crippen MR) is 99.8 cm³/mol. The van der Waals surface area contributed by atoms with Crippen LogP contribution in [0.4, 0.5) is 10.1 Å². The van der Waals surface area contributed by atoms with Gasteiger partial charge in [-0.1, -0.05) is 0 Å². The Morgan fingerprint density at radius 1 is 1.04 bits per heavy atom. The van der Waals surface area contributed by atoms with E-state index in [1.807, 2.05) is 37.3 Å². The monoisotopic (exact) mass is 404 g/mol. The molecule has 2 heterocycles. The molecule has 25 heavy (non-hydrogen) atoms. The normalized spacial score (nSPS) is 16.2. The Hall–Kier alpha value is -2.24. The molecule has 1 saturated heterocycles. The zero-order chi connectivity index (χ0) is 17.6. The van der Waals surface area contributed by atoms with Gasteiger partial charge in [-0.15, -0.1) is 0 Å². The molecule has 1 radical (unpaired) electrons. The molecule has 1 fully saturated rings. The van der Waals surface area contributed by atoms with Gasteiger partial charge in [-0.05, 0) is 0 Å². The minimum absolute atomic E-state index is 0.207. The summed E-state index contributed by atoms with van der Waals surface area (Å²) in [6.07, 6.45) is 1.74. The molecular formula is C18H19FN5Se. The molecule has 1 aliphatic heterocycles. The van der Waals surface area contributed by atoms with E-state index in [1.165, 1.54) is 12.1 Å². The van der Waals surface area contributed by atoms with Crippen LogP contribution in [0.25, 0.3) is 0 Å². The number of nitrogens with zero attached hydrogens (tertiary/aromatic N) is 5. The van der Waals surface area contributed by atoms with Crippen LogP contribution >= 0.6 is 0 Å². The van der Waals surface area contributed by atoms with Gasteiger partial charge < -0.3 is 0 Å². The maximum absolute atomic E-state index is 13.0. The van der Waals surface area contributed by atoms with Gasteiger partial charge in [0.25, 0.3) is 0 Å². The molecule has 7 heteroatoms. The molecule has 0 atom stereocenters. The van der Waals surface area contributed by atoms with E-state index in [1.54, 1.807) is 6.20 Å². The summed E-state index contributed by atoms with van der Waals surface area (Å²) in [4.78, 5) is 8.67. The third kappa shape index (κ3) is 4.65. The van der Waals surface area contributed by atoms with E-state index in [2.05, 4.69) is 41.0 Å². The molecule has 0 spiro atoms.